The van der Waals surface area contributed by atoms with Crippen molar-refractivity contribution in [2.45, 2.75) is 20.8 Å². The largest absolute Gasteiger partial charge is 0.508 e. The van der Waals surface area contributed by atoms with E-state index in [0.29, 0.717) is 5.75 Å². The highest BCUT2D eigenvalue weighted by Crippen LogP contribution is 2.40. The molecule has 0 amide bonds. The maximum absolute atomic E-state index is 12.1. The van der Waals surface area contributed by atoms with Crippen LogP contribution in [0, 0.1) is 6.92 Å². The van der Waals surface area contributed by atoms with Gasteiger partial charge in [0.1, 0.15) is 5.75 Å². The van der Waals surface area contributed by atoms with Gasteiger partial charge in [-0.2, -0.15) is 0 Å². The number of phenols is 1. The van der Waals surface area contributed by atoms with Crippen molar-refractivity contribution in [1.29, 1.82) is 0 Å². The molecule has 2 aliphatic carbocycles. The Morgan fingerprint density at radius 2 is 1.46 bits per heavy atom. The van der Waals surface area contributed by atoms with Crippen LogP contribution in [0.15, 0.2) is 71.3 Å². The van der Waals surface area contributed by atoms with Crippen LogP contribution in [0.5, 0.6) is 5.75 Å². The van der Waals surface area contributed by atoms with Gasteiger partial charge in [-0.05, 0) is 66.3 Å². The quantitative estimate of drug-likeness (QED) is 0.735. The van der Waals surface area contributed by atoms with Crippen LogP contribution in [0.2, 0.25) is 0 Å². The summed E-state index contributed by atoms with van der Waals surface area (Å²) in [7, 11) is 0. The number of fused-ring (bicyclic) bond motifs is 3. The molecule has 24 heavy (non-hydrogen) atoms. The first-order valence-electron chi connectivity index (χ1n) is 7.99. The number of phenolic OH excluding ortho intramolecular Hbond substituents is 1. The SMILES string of the molecule is CC1=C(C)C(=O)C2=Cc3ccccc3C2=C1.Cc1ccccc1O. The number of aryl methyl sites for hydroxylation is 1. The average Bonchev–Trinajstić information content (AvgIpc) is 2.95. The van der Waals surface area contributed by atoms with Crippen molar-refractivity contribution >= 4 is 17.4 Å². The highest BCUT2D eigenvalue weighted by Gasteiger charge is 2.28. The summed E-state index contributed by atoms with van der Waals surface area (Å²) in [5.74, 6) is 0.540. The number of carbonyl (C=O) groups excluding carboxylic acids is 1. The van der Waals surface area contributed by atoms with E-state index < -0.39 is 0 Å². The van der Waals surface area contributed by atoms with Crippen LogP contribution in [0.1, 0.15) is 30.5 Å². The smallest absolute Gasteiger partial charge is 0.189 e. The molecule has 0 bridgehead atoms. The van der Waals surface area contributed by atoms with Crippen molar-refractivity contribution in [1.82, 2.24) is 0 Å². The van der Waals surface area contributed by atoms with E-state index in [1.165, 1.54) is 5.56 Å². The number of hydrogen-bond donors (Lipinski definition) is 1. The lowest BCUT2D eigenvalue weighted by Gasteiger charge is -2.14. The van der Waals surface area contributed by atoms with Gasteiger partial charge in [-0.3, -0.25) is 4.79 Å². The van der Waals surface area contributed by atoms with Crippen molar-refractivity contribution < 1.29 is 9.90 Å². The van der Waals surface area contributed by atoms with Gasteiger partial charge in [-0.1, -0.05) is 48.5 Å². The lowest BCUT2D eigenvalue weighted by atomic mass is 9.88. The fraction of sp³-hybridized carbons (Fsp3) is 0.136. The number of para-hydroxylation sites is 1. The molecule has 0 spiro atoms. The number of carbonyl (C=O) groups is 1. The number of ketones is 1. The predicted octanol–water partition coefficient (Wildman–Crippen LogP) is 5.09. The second-order valence-corrected chi connectivity index (χ2v) is 6.13. The van der Waals surface area contributed by atoms with Gasteiger partial charge in [-0.25, -0.2) is 0 Å². The van der Waals surface area contributed by atoms with Crippen molar-refractivity contribution in [2.75, 3.05) is 0 Å². The molecule has 0 aliphatic heterocycles. The Morgan fingerprint density at radius 1 is 0.792 bits per heavy atom. The van der Waals surface area contributed by atoms with E-state index in [9.17, 15) is 4.79 Å². The summed E-state index contributed by atoms with van der Waals surface area (Å²) < 4.78 is 0. The second kappa shape index (κ2) is 6.32. The van der Waals surface area contributed by atoms with E-state index in [1.807, 2.05) is 57.2 Å². The summed E-state index contributed by atoms with van der Waals surface area (Å²) in [6.45, 7) is 5.77. The molecule has 2 heteroatoms. The first kappa shape index (κ1) is 16.0. The van der Waals surface area contributed by atoms with Gasteiger partial charge < -0.3 is 5.11 Å². The Balaban J connectivity index is 0.000000179. The number of rotatable bonds is 0. The lowest BCUT2D eigenvalue weighted by Crippen LogP contribution is -2.09. The molecule has 0 unspecified atom stereocenters. The Hall–Kier alpha value is -2.87. The summed E-state index contributed by atoms with van der Waals surface area (Å²) >= 11 is 0. The average molecular weight is 316 g/mol. The number of benzene rings is 2. The molecule has 0 fully saturated rings. The Kier molecular flexibility index (Phi) is 4.22. The predicted molar refractivity (Wildman–Crippen MR) is 98.6 cm³/mol. The van der Waals surface area contributed by atoms with Crippen LogP contribution in [-0.2, 0) is 4.79 Å². The minimum Gasteiger partial charge on any atom is -0.508 e. The van der Waals surface area contributed by atoms with E-state index >= 15 is 0 Å². The number of Topliss-reactive ketones (excluding diaryl/α,β-unsaturated/α-hetero) is 1. The van der Waals surface area contributed by atoms with E-state index in [0.717, 1.165) is 33.4 Å². The summed E-state index contributed by atoms with van der Waals surface area (Å²) in [4.78, 5) is 12.1. The molecular formula is C22H20O2. The number of allylic oxidation sites excluding steroid dienone is 5. The van der Waals surface area contributed by atoms with E-state index in [1.54, 1.807) is 6.07 Å². The van der Waals surface area contributed by atoms with Gasteiger partial charge in [0, 0.05) is 5.57 Å². The van der Waals surface area contributed by atoms with E-state index in [4.69, 9.17) is 5.11 Å². The molecule has 0 radical (unpaired) electrons. The molecule has 2 aromatic carbocycles. The van der Waals surface area contributed by atoms with E-state index in [2.05, 4.69) is 18.2 Å². The van der Waals surface area contributed by atoms with Gasteiger partial charge >= 0.3 is 0 Å². The Labute approximate surface area is 142 Å². The molecule has 0 aromatic heterocycles. The molecular weight excluding hydrogens is 296 g/mol. The molecule has 4 rings (SSSR count). The summed E-state index contributed by atoms with van der Waals surface area (Å²) in [6.07, 6.45) is 4.12. The van der Waals surface area contributed by atoms with Crippen LogP contribution >= 0.6 is 0 Å². The van der Waals surface area contributed by atoms with Gasteiger partial charge in [0.2, 0.25) is 0 Å². The van der Waals surface area contributed by atoms with Crippen LogP contribution in [-0.4, -0.2) is 10.9 Å². The fourth-order valence-electron chi connectivity index (χ4n) is 2.86. The lowest BCUT2D eigenvalue weighted by molar-refractivity contribution is -0.111. The zero-order valence-electron chi connectivity index (χ0n) is 14.1. The monoisotopic (exact) mass is 316 g/mol. The molecule has 2 aromatic rings. The van der Waals surface area contributed by atoms with Crippen molar-refractivity contribution in [3.8, 4) is 5.75 Å². The first-order valence-corrected chi connectivity index (χ1v) is 7.99. The molecule has 120 valence electrons. The maximum Gasteiger partial charge on any atom is 0.189 e. The molecule has 2 nitrogen and oxygen atoms in total. The topological polar surface area (TPSA) is 37.3 Å². The summed E-state index contributed by atoms with van der Waals surface area (Å²) in [5.41, 5.74) is 7.13. The van der Waals surface area contributed by atoms with Gasteiger partial charge in [-0.15, -0.1) is 0 Å². The standard InChI is InChI=1S/C15H12O.C7H8O/c1-9-7-13-12-6-4-3-5-11(12)8-14(13)15(16)10(9)2;1-6-4-2-3-5-7(6)8/h3-8H,1-2H3;2-5,8H,1H3. The zero-order valence-corrected chi connectivity index (χ0v) is 14.1. The molecule has 0 atom stereocenters. The highest BCUT2D eigenvalue weighted by molar-refractivity contribution is 6.26. The Morgan fingerprint density at radius 3 is 2.12 bits per heavy atom. The van der Waals surface area contributed by atoms with Crippen LogP contribution in [0.25, 0.3) is 11.6 Å². The minimum absolute atomic E-state index is 0.172. The van der Waals surface area contributed by atoms with E-state index in [-0.39, 0.29) is 5.78 Å². The normalized spacial score (nSPS) is 15.0. The van der Waals surface area contributed by atoms with Gasteiger partial charge in [0.25, 0.3) is 0 Å². The molecule has 0 saturated carbocycles. The van der Waals surface area contributed by atoms with Crippen LogP contribution in [0.4, 0.5) is 0 Å². The second-order valence-electron chi connectivity index (χ2n) is 6.13. The third-order valence-corrected chi connectivity index (χ3v) is 4.49. The van der Waals surface area contributed by atoms with Crippen molar-refractivity contribution in [3.63, 3.8) is 0 Å². The van der Waals surface area contributed by atoms with Gasteiger partial charge in [0.05, 0.1) is 0 Å². The third-order valence-electron chi connectivity index (χ3n) is 4.49. The zero-order chi connectivity index (χ0) is 17.3. The molecule has 0 saturated heterocycles. The minimum atomic E-state index is 0.172. The number of aromatic hydroxyl groups is 1. The molecule has 1 N–H and O–H groups in total. The summed E-state index contributed by atoms with van der Waals surface area (Å²) in [6, 6.07) is 15.4. The summed E-state index contributed by atoms with van der Waals surface area (Å²) in [5, 5.41) is 8.92. The van der Waals surface area contributed by atoms with Gasteiger partial charge in [0.15, 0.2) is 5.78 Å². The highest BCUT2D eigenvalue weighted by atomic mass is 16.3. The first-order chi connectivity index (χ1) is 11.5. The molecule has 0 heterocycles. The Bertz CT molecular complexity index is 890. The van der Waals surface area contributed by atoms with Crippen LogP contribution < -0.4 is 0 Å². The van der Waals surface area contributed by atoms with Crippen LogP contribution in [0.3, 0.4) is 0 Å². The van der Waals surface area contributed by atoms with Crippen molar-refractivity contribution in [3.05, 3.63) is 88.0 Å². The third kappa shape index (κ3) is 2.83. The number of hydrogen-bond acceptors (Lipinski definition) is 2. The maximum atomic E-state index is 12.1. The van der Waals surface area contributed by atoms with Crippen molar-refractivity contribution in [2.24, 2.45) is 0 Å². The molecule has 2 aliphatic rings. The fourth-order valence-corrected chi connectivity index (χ4v) is 2.86.